The van der Waals surface area contributed by atoms with Crippen molar-refractivity contribution in [3.63, 3.8) is 0 Å². The molecule has 1 aliphatic rings. The minimum absolute atomic E-state index is 0.118. The molecule has 0 radical (unpaired) electrons. The number of hydrogen-bond acceptors (Lipinski definition) is 4. The molecule has 0 bridgehead atoms. The van der Waals surface area contributed by atoms with Gasteiger partial charge in [-0.2, -0.15) is 0 Å². The van der Waals surface area contributed by atoms with Gasteiger partial charge >= 0.3 is 0 Å². The molecule has 1 aromatic heterocycles. The second kappa shape index (κ2) is 7.55. The highest BCUT2D eigenvalue weighted by Gasteiger charge is 2.26. The second-order valence-electron chi connectivity index (χ2n) is 6.09. The van der Waals surface area contributed by atoms with Crippen LogP contribution in [0.2, 0.25) is 5.02 Å². The van der Waals surface area contributed by atoms with Gasteiger partial charge in [-0.1, -0.05) is 23.7 Å². The van der Waals surface area contributed by atoms with Crippen LogP contribution in [0, 0.1) is 11.8 Å². The molecule has 0 atom stereocenters. The maximum atomic E-state index is 12.3. The summed E-state index contributed by atoms with van der Waals surface area (Å²) in [5.74, 6) is 0.826. The van der Waals surface area contributed by atoms with E-state index in [1.54, 1.807) is 11.0 Å². The van der Waals surface area contributed by atoms with Crippen LogP contribution in [0.5, 0.6) is 0 Å². The lowest BCUT2D eigenvalue weighted by atomic mass is 9.81. The van der Waals surface area contributed by atoms with E-state index in [-0.39, 0.29) is 11.8 Å². The first kappa shape index (κ1) is 15.9. The topological polar surface area (TPSA) is 72.7 Å². The Morgan fingerprint density at radius 2 is 1.96 bits per heavy atom. The standard InChI is InChI=1S/C16H20ClN5O/c17-15-7-3-12(4-8-15)9-18-16(23)14-5-1-13(2-6-14)10-22-11-19-20-21-22/h3-4,7-8,11,13-14H,1-2,5-6,9-10H2,(H,18,23). The molecule has 1 N–H and O–H groups in total. The second-order valence-corrected chi connectivity index (χ2v) is 6.53. The number of carbonyl (C=O) groups is 1. The first-order valence-electron chi connectivity index (χ1n) is 7.93. The van der Waals surface area contributed by atoms with E-state index in [4.69, 9.17) is 11.6 Å². The Morgan fingerprint density at radius 1 is 1.22 bits per heavy atom. The number of halogens is 1. The molecular formula is C16H20ClN5O. The molecule has 0 spiro atoms. The summed E-state index contributed by atoms with van der Waals surface area (Å²) in [5, 5.41) is 14.9. The van der Waals surface area contributed by atoms with Gasteiger partial charge in [0.2, 0.25) is 5.91 Å². The summed E-state index contributed by atoms with van der Waals surface area (Å²) < 4.78 is 1.77. The van der Waals surface area contributed by atoms with Gasteiger partial charge in [0.05, 0.1) is 0 Å². The van der Waals surface area contributed by atoms with Crippen molar-refractivity contribution in [2.75, 3.05) is 0 Å². The van der Waals surface area contributed by atoms with Crippen LogP contribution in [0.4, 0.5) is 0 Å². The van der Waals surface area contributed by atoms with Crippen LogP contribution in [-0.4, -0.2) is 26.1 Å². The van der Waals surface area contributed by atoms with Crippen LogP contribution in [0.1, 0.15) is 31.2 Å². The van der Waals surface area contributed by atoms with Crippen LogP contribution in [0.25, 0.3) is 0 Å². The smallest absolute Gasteiger partial charge is 0.223 e. The third-order valence-electron chi connectivity index (χ3n) is 4.43. The summed E-state index contributed by atoms with van der Waals surface area (Å²) >= 11 is 5.86. The molecule has 2 aromatic rings. The SMILES string of the molecule is O=C(NCc1ccc(Cl)cc1)C1CCC(Cn2cnnn2)CC1. The average Bonchev–Trinajstić information content (AvgIpc) is 3.08. The van der Waals surface area contributed by atoms with E-state index in [1.807, 2.05) is 24.3 Å². The van der Waals surface area contributed by atoms with Gasteiger partial charge in [0.15, 0.2) is 0 Å². The minimum atomic E-state index is 0.118. The third-order valence-corrected chi connectivity index (χ3v) is 4.69. The van der Waals surface area contributed by atoms with E-state index in [0.717, 1.165) is 37.8 Å². The Morgan fingerprint density at radius 3 is 2.61 bits per heavy atom. The van der Waals surface area contributed by atoms with Crippen molar-refractivity contribution in [3.05, 3.63) is 41.2 Å². The lowest BCUT2D eigenvalue weighted by Crippen LogP contribution is -2.33. The summed E-state index contributed by atoms with van der Waals surface area (Å²) in [4.78, 5) is 12.3. The van der Waals surface area contributed by atoms with Crippen LogP contribution in [0.15, 0.2) is 30.6 Å². The number of carbonyl (C=O) groups excluding carboxylic acids is 1. The normalized spacial score (nSPS) is 21.1. The number of amides is 1. The zero-order chi connectivity index (χ0) is 16.1. The predicted octanol–water partition coefficient (Wildman–Crippen LogP) is 2.45. The van der Waals surface area contributed by atoms with Crippen molar-refractivity contribution in [2.45, 2.75) is 38.8 Å². The highest BCUT2D eigenvalue weighted by atomic mass is 35.5. The van der Waals surface area contributed by atoms with Crippen LogP contribution in [-0.2, 0) is 17.9 Å². The first-order valence-corrected chi connectivity index (χ1v) is 8.31. The molecule has 3 rings (SSSR count). The number of nitrogens with zero attached hydrogens (tertiary/aromatic N) is 4. The van der Waals surface area contributed by atoms with Gasteiger partial charge in [0.25, 0.3) is 0 Å². The average molecular weight is 334 g/mol. The van der Waals surface area contributed by atoms with Crippen molar-refractivity contribution < 1.29 is 4.79 Å². The van der Waals surface area contributed by atoms with Gasteiger partial charge in [-0.15, -0.1) is 5.10 Å². The fourth-order valence-corrected chi connectivity index (χ4v) is 3.20. The first-order chi connectivity index (χ1) is 11.2. The lowest BCUT2D eigenvalue weighted by molar-refractivity contribution is -0.126. The number of benzene rings is 1. The van der Waals surface area contributed by atoms with Crippen molar-refractivity contribution in [1.82, 2.24) is 25.5 Å². The van der Waals surface area contributed by atoms with Crippen LogP contribution in [0.3, 0.4) is 0 Å². The maximum absolute atomic E-state index is 12.3. The van der Waals surface area contributed by atoms with E-state index >= 15 is 0 Å². The van der Waals surface area contributed by atoms with Gasteiger partial charge < -0.3 is 5.32 Å². The number of rotatable bonds is 5. The summed E-state index contributed by atoms with van der Waals surface area (Å²) in [7, 11) is 0. The van der Waals surface area contributed by atoms with E-state index in [9.17, 15) is 4.79 Å². The molecule has 23 heavy (non-hydrogen) atoms. The molecule has 0 aliphatic heterocycles. The summed E-state index contributed by atoms with van der Waals surface area (Å²) in [5.41, 5.74) is 1.06. The zero-order valence-corrected chi connectivity index (χ0v) is 13.6. The van der Waals surface area contributed by atoms with E-state index < -0.39 is 0 Å². The van der Waals surface area contributed by atoms with Crippen molar-refractivity contribution in [2.24, 2.45) is 11.8 Å². The Hall–Kier alpha value is -1.95. The Bertz CT molecular complexity index is 620. The monoisotopic (exact) mass is 333 g/mol. The van der Waals surface area contributed by atoms with Crippen molar-refractivity contribution >= 4 is 17.5 Å². The largest absolute Gasteiger partial charge is 0.352 e. The highest BCUT2D eigenvalue weighted by Crippen LogP contribution is 2.29. The van der Waals surface area contributed by atoms with E-state index in [1.165, 1.54) is 0 Å². The molecular weight excluding hydrogens is 314 g/mol. The van der Waals surface area contributed by atoms with Gasteiger partial charge in [-0.05, 0) is 59.7 Å². The van der Waals surface area contributed by atoms with Gasteiger partial charge in [0, 0.05) is 24.0 Å². The number of tetrazole rings is 1. The predicted molar refractivity (Wildman–Crippen MR) is 86.6 cm³/mol. The summed E-state index contributed by atoms with van der Waals surface area (Å²) in [6.07, 6.45) is 5.58. The molecule has 1 aliphatic carbocycles. The van der Waals surface area contributed by atoms with Crippen molar-refractivity contribution in [3.8, 4) is 0 Å². The number of hydrogen-bond donors (Lipinski definition) is 1. The van der Waals surface area contributed by atoms with E-state index in [0.29, 0.717) is 17.5 Å². The van der Waals surface area contributed by atoms with Crippen LogP contribution >= 0.6 is 11.6 Å². The highest BCUT2D eigenvalue weighted by molar-refractivity contribution is 6.30. The Labute approximate surface area is 140 Å². The van der Waals surface area contributed by atoms with Gasteiger partial charge in [0.1, 0.15) is 6.33 Å². The molecule has 1 aromatic carbocycles. The molecule has 6 nitrogen and oxygen atoms in total. The van der Waals surface area contributed by atoms with Gasteiger partial charge in [-0.3, -0.25) is 4.79 Å². The van der Waals surface area contributed by atoms with Crippen LogP contribution < -0.4 is 5.32 Å². The summed E-state index contributed by atoms with van der Waals surface area (Å²) in [6.45, 7) is 1.40. The van der Waals surface area contributed by atoms with Gasteiger partial charge in [-0.25, -0.2) is 4.68 Å². The molecule has 1 amide bonds. The third kappa shape index (κ3) is 4.51. The zero-order valence-electron chi connectivity index (χ0n) is 12.9. The van der Waals surface area contributed by atoms with E-state index in [2.05, 4.69) is 20.8 Å². The molecule has 0 unspecified atom stereocenters. The summed E-state index contributed by atoms with van der Waals surface area (Å²) in [6, 6.07) is 7.55. The Balaban J connectivity index is 1.42. The molecule has 1 fully saturated rings. The minimum Gasteiger partial charge on any atom is -0.352 e. The number of aromatic nitrogens is 4. The fourth-order valence-electron chi connectivity index (χ4n) is 3.07. The fraction of sp³-hybridized carbons (Fsp3) is 0.500. The maximum Gasteiger partial charge on any atom is 0.223 e. The molecule has 7 heteroatoms. The number of nitrogens with one attached hydrogen (secondary N) is 1. The molecule has 1 saturated carbocycles. The van der Waals surface area contributed by atoms with Crippen molar-refractivity contribution in [1.29, 1.82) is 0 Å². The Kier molecular flexibility index (Phi) is 5.23. The quantitative estimate of drug-likeness (QED) is 0.912. The molecule has 1 heterocycles. The molecule has 122 valence electrons. The molecule has 0 saturated heterocycles. The lowest BCUT2D eigenvalue weighted by Gasteiger charge is -2.27.